The fourth-order valence-electron chi connectivity index (χ4n) is 2.41. The third kappa shape index (κ3) is 4.50. The van der Waals surface area contributed by atoms with E-state index in [1.807, 2.05) is 12.1 Å². The molecule has 0 aliphatic carbocycles. The monoisotopic (exact) mass is 460 g/mol. The average Bonchev–Trinajstić information content (AvgIpc) is 3.11. The van der Waals surface area contributed by atoms with Crippen molar-refractivity contribution < 1.29 is 9.53 Å². The number of anilines is 1. The van der Waals surface area contributed by atoms with Crippen molar-refractivity contribution in [3.63, 3.8) is 0 Å². The highest BCUT2D eigenvalue weighted by molar-refractivity contribution is 7.10. The van der Waals surface area contributed by atoms with Gasteiger partial charge in [0.25, 0.3) is 5.91 Å². The molecule has 1 aromatic heterocycles. The van der Waals surface area contributed by atoms with Crippen LogP contribution in [0.15, 0.2) is 42.5 Å². The van der Waals surface area contributed by atoms with Gasteiger partial charge in [0.15, 0.2) is 4.84 Å². The van der Waals surface area contributed by atoms with E-state index in [0.717, 1.165) is 16.0 Å². The molecule has 0 bridgehead atoms. The molecule has 1 amide bonds. The van der Waals surface area contributed by atoms with Crippen LogP contribution in [0.3, 0.4) is 0 Å². The topological polar surface area (TPSA) is 51.2 Å². The lowest BCUT2D eigenvalue weighted by Crippen LogP contribution is -2.19. The number of hydrogen-bond acceptors (Lipinski definition) is 4. The van der Waals surface area contributed by atoms with Crippen LogP contribution in [0.5, 0.6) is 5.75 Å². The summed E-state index contributed by atoms with van der Waals surface area (Å²) in [6.07, 6.45) is 0. The fraction of sp³-hybridized carbons (Fsp3) is 0.111. The number of benzene rings is 2. The van der Waals surface area contributed by atoms with Gasteiger partial charge in [0.2, 0.25) is 0 Å². The summed E-state index contributed by atoms with van der Waals surface area (Å²) >= 11 is 25.0. The number of halogens is 4. The zero-order chi connectivity index (χ0) is 19.6. The lowest BCUT2D eigenvalue weighted by molar-refractivity contribution is -0.114. The van der Waals surface area contributed by atoms with E-state index in [9.17, 15) is 4.79 Å². The molecular formula is C18H12Cl4N2O2S. The molecule has 1 heterocycles. The van der Waals surface area contributed by atoms with Crippen molar-refractivity contribution in [1.82, 2.24) is 4.37 Å². The van der Waals surface area contributed by atoms with Crippen molar-refractivity contribution in [2.75, 3.05) is 12.4 Å². The summed E-state index contributed by atoms with van der Waals surface area (Å²) in [5.41, 5.74) is 2.66. The minimum Gasteiger partial charge on any atom is -0.495 e. The molecule has 0 aliphatic heterocycles. The average molecular weight is 462 g/mol. The summed E-state index contributed by atoms with van der Waals surface area (Å²) in [6, 6.07) is 12.5. The SMILES string of the molecule is COc1ccc(-c2cc(-c3c(Cl)cccc3Cl)sn2)cc1NC(=O)C(Cl)Cl. The third-order valence-electron chi connectivity index (χ3n) is 3.67. The van der Waals surface area contributed by atoms with Gasteiger partial charge in [-0.05, 0) is 47.9 Å². The van der Waals surface area contributed by atoms with Crippen molar-refractivity contribution >= 4 is 69.5 Å². The van der Waals surface area contributed by atoms with Crippen molar-refractivity contribution in [2.24, 2.45) is 0 Å². The Hall–Kier alpha value is -1.50. The third-order valence-corrected chi connectivity index (χ3v) is 5.50. The Bertz CT molecular complexity index is 971. The molecule has 0 spiro atoms. The number of carbonyl (C=O) groups excluding carboxylic acids is 1. The van der Waals surface area contributed by atoms with Gasteiger partial charge in [0, 0.05) is 11.1 Å². The van der Waals surface area contributed by atoms with Gasteiger partial charge in [-0.25, -0.2) is 0 Å². The van der Waals surface area contributed by atoms with Gasteiger partial charge in [-0.3, -0.25) is 4.79 Å². The minimum atomic E-state index is -1.19. The predicted octanol–water partition coefficient (Wildman–Crippen LogP) is 6.53. The fourth-order valence-corrected chi connectivity index (χ4v) is 4.07. The number of alkyl halides is 2. The smallest absolute Gasteiger partial charge is 0.257 e. The summed E-state index contributed by atoms with van der Waals surface area (Å²) in [5.74, 6) is -0.0683. The molecule has 1 N–H and O–H groups in total. The van der Waals surface area contributed by atoms with Gasteiger partial charge < -0.3 is 10.1 Å². The first kappa shape index (κ1) is 20.2. The van der Waals surface area contributed by atoms with E-state index < -0.39 is 10.7 Å². The van der Waals surface area contributed by atoms with Crippen molar-refractivity contribution in [3.8, 4) is 27.4 Å². The van der Waals surface area contributed by atoms with Crippen LogP contribution in [0, 0.1) is 0 Å². The van der Waals surface area contributed by atoms with Crippen molar-refractivity contribution in [3.05, 3.63) is 52.5 Å². The molecule has 4 nitrogen and oxygen atoms in total. The number of nitrogens with zero attached hydrogens (tertiary/aromatic N) is 1. The number of ether oxygens (including phenoxy) is 1. The Labute approximate surface area is 180 Å². The molecule has 140 valence electrons. The Morgan fingerprint density at radius 1 is 1.15 bits per heavy atom. The Morgan fingerprint density at radius 2 is 1.85 bits per heavy atom. The second kappa shape index (κ2) is 8.67. The zero-order valence-corrected chi connectivity index (χ0v) is 17.6. The van der Waals surface area contributed by atoms with Crippen LogP contribution in [-0.2, 0) is 4.79 Å². The molecule has 0 radical (unpaired) electrons. The molecule has 0 fully saturated rings. The van der Waals surface area contributed by atoms with Gasteiger partial charge in [-0.15, -0.1) is 0 Å². The first-order valence-corrected chi connectivity index (χ1v) is 9.99. The van der Waals surface area contributed by atoms with Crippen LogP contribution in [0.25, 0.3) is 21.7 Å². The molecular weight excluding hydrogens is 450 g/mol. The Kier molecular flexibility index (Phi) is 6.50. The second-order valence-electron chi connectivity index (χ2n) is 5.38. The first-order valence-electron chi connectivity index (χ1n) is 7.59. The van der Waals surface area contributed by atoms with Crippen molar-refractivity contribution in [2.45, 2.75) is 4.84 Å². The van der Waals surface area contributed by atoms with Gasteiger partial charge in [0.1, 0.15) is 5.75 Å². The number of rotatable bonds is 5. The molecule has 0 unspecified atom stereocenters. The Balaban J connectivity index is 1.98. The highest BCUT2D eigenvalue weighted by Gasteiger charge is 2.17. The zero-order valence-electron chi connectivity index (χ0n) is 13.8. The maximum Gasteiger partial charge on any atom is 0.257 e. The largest absolute Gasteiger partial charge is 0.495 e. The van der Waals surface area contributed by atoms with Gasteiger partial charge in [-0.2, -0.15) is 4.37 Å². The normalized spacial score (nSPS) is 10.9. The van der Waals surface area contributed by atoms with Crippen LogP contribution in [0.4, 0.5) is 5.69 Å². The molecule has 0 atom stereocenters. The quantitative estimate of drug-likeness (QED) is 0.439. The van der Waals surface area contributed by atoms with Crippen LogP contribution in [0.1, 0.15) is 0 Å². The summed E-state index contributed by atoms with van der Waals surface area (Å²) in [4.78, 5) is 11.5. The maximum absolute atomic E-state index is 11.8. The van der Waals surface area contributed by atoms with Crippen LogP contribution in [-0.4, -0.2) is 22.2 Å². The Morgan fingerprint density at radius 3 is 2.48 bits per heavy atom. The summed E-state index contributed by atoms with van der Waals surface area (Å²) in [5, 5.41) is 3.74. The van der Waals surface area contributed by atoms with E-state index in [1.54, 1.807) is 30.3 Å². The molecule has 0 saturated carbocycles. The molecule has 3 rings (SSSR count). The second-order valence-corrected chi connectivity index (χ2v) is 8.09. The predicted molar refractivity (Wildman–Crippen MR) is 114 cm³/mol. The van der Waals surface area contributed by atoms with E-state index in [2.05, 4.69) is 9.69 Å². The van der Waals surface area contributed by atoms with Crippen LogP contribution < -0.4 is 10.1 Å². The minimum absolute atomic E-state index is 0.441. The molecule has 2 aromatic carbocycles. The molecule has 27 heavy (non-hydrogen) atoms. The van der Waals surface area contributed by atoms with Crippen LogP contribution in [0.2, 0.25) is 10.0 Å². The van der Waals surface area contributed by atoms with Crippen molar-refractivity contribution in [1.29, 1.82) is 0 Å². The highest BCUT2D eigenvalue weighted by atomic mass is 35.5. The standard InChI is InChI=1S/C18H12Cl4N2O2S/c1-26-14-6-5-9(7-13(14)23-18(25)17(21)22)12-8-15(27-24-12)16-10(19)3-2-4-11(16)20/h2-8,17H,1H3,(H,23,25). The van der Waals surface area contributed by atoms with Gasteiger partial charge in [0.05, 0.1) is 33.4 Å². The number of amides is 1. The number of aromatic nitrogens is 1. The highest BCUT2D eigenvalue weighted by Crippen LogP contribution is 2.39. The van der Waals surface area contributed by atoms with E-state index >= 15 is 0 Å². The van der Waals surface area contributed by atoms with E-state index in [4.69, 9.17) is 51.1 Å². The van der Waals surface area contributed by atoms with Crippen LogP contribution >= 0.6 is 57.9 Å². The maximum atomic E-state index is 11.8. The van der Waals surface area contributed by atoms with E-state index in [-0.39, 0.29) is 0 Å². The molecule has 3 aromatic rings. The first-order chi connectivity index (χ1) is 12.9. The summed E-state index contributed by atoms with van der Waals surface area (Å²) in [6.45, 7) is 0. The number of carbonyl (C=O) groups is 1. The van der Waals surface area contributed by atoms with Gasteiger partial charge in [-0.1, -0.05) is 52.5 Å². The molecule has 0 saturated heterocycles. The summed E-state index contributed by atoms with van der Waals surface area (Å²) < 4.78 is 9.74. The van der Waals surface area contributed by atoms with Gasteiger partial charge >= 0.3 is 0 Å². The number of nitrogens with one attached hydrogen (secondary N) is 1. The number of methoxy groups -OCH3 is 1. The molecule has 0 aliphatic rings. The lowest BCUT2D eigenvalue weighted by atomic mass is 10.1. The van der Waals surface area contributed by atoms with E-state index in [0.29, 0.717) is 27.2 Å². The summed E-state index contributed by atoms with van der Waals surface area (Å²) in [7, 11) is 1.50. The lowest BCUT2D eigenvalue weighted by Gasteiger charge is -2.11. The molecule has 9 heteroatoms. The number of hydrogen-bond donors (Lipinski definition) is 1. The van der Waals surface area contributed by atoms with E-state index in [1.165, 1.54) is 18.6 Å².